The molecule has 1 spiro atoms. The lowest BCUT2D eigenvalue weighted by Crippen LogP contribution is -2.25. The van der Waals surface area contributed by atoms with Crippen molar-refractivity contribution in [3.8, 4) is 78.7 Å². The zero-order valence-corrected chi connectivity index (χ0v) is 29.9. The number of hydrogen-bond donors (Lipinski definition) is 0. The van der Waals surface area contributed by atoms with E-state index in [0.717, 1.165) is 27.8 Å². The lowest BCUT2D eigenvalue weighted by molar-refractivity contribution is 0.794. The van der Waals surface area contributed by atoms with Gasteiger partial charge in [0.05, 0.1) is 5.41 Å². The van der Waals surface area contributed by atoms with E-state index in [1.807, 2.05) is 24.3 Å². The van der Waals surface area contributed by atoms with E-state index < -0.39 is 5.41 Å². The summed E-state index contributed by atoms with van der Waals surface area (Å²) in [4.78, 5) is 15.2. The SMILES string of the molecule is c1ccc(-c2ccc(-c3nc(-c4ccccc4)nc(-c4cccc(-c5cccc6c5-c5ccccc5C65c6ccccc6-c6ccccc65)c4)n3)cc2)cc1. The second-order valence-corrected chi connectivity index (χ2v) is 14.3. The summed E-state index contributed by atoms with van der Waals surface area (Å²) in [6, 6.07) is 71.5. The molecule has 0 aliphatic heterocycles. The van der Waals surface area contributed by atoms with Gasteiger partial charge in [-0.15, -0.1) is 0 Å². The van der Waals surface area contributed by atoms with Crippen molar-refractivity contribution in [1.29, 1.82) is 0 Å². The molecule has 0 atom stereocenters. The summed E-state index contributed by atoms with van der Waals surface area (Å²) >= 11 is 0. The first-order valence-electron chi connectivity index (χ1n) is 18.8. The van der Waals surface area contributed by atoms with Crippen LogP contribution in [0.5, 0.6) is 0 Å². The average molecular weight is 700 g/mol. The molecule has 1 heterocycles. The Morgan fingerprint density at radius 2 is 0.636 bits per heavy atom. The van der Waals surface area contributed by atoms with Crippen LogP contribution in [0.15, 0.2) is 200 Å². The molecule has 0 saturated heterocycles. The highest BCUT2D eigenvalue weighted by atomic mass is 15.0. The van der Waals surface area contributed by atoms with Gasteiger partial charge in [0, 0.05) is 16.7 Å². The van der Waals surface area contributed by atoms with Crippen LogP contribution in [0.4, 0.5) is 0 Å². The molecule has 0 bridgehead atoms. The van der Waals surface area contributed by atoms with E-state index in [1.54, 1.807) is 0 Å². The molecule has 9 aromatic rings. The van der Waals surface area contributed by atoms with Gasteiger partial charge in [-0.3, -0.25) is 0 Å². The van der Waals surface area contributed by atoms with E-state index in [9.17, 15) is 0 Å². The molecule has 0 amide bonds. The molecule has 1 aromatic heterocycles. The minimum absolute atomic E-state index is 0.392. The van der Waals surface area contributed by atoms with Crippen molar-refractivity contribution in [2.75, 3.05) is 0 Å². The van der Waals surface area contributed by atoms with Crippen molar-refractivity contribution >= 4 is 0 Å². The predicted octanol–water partition coefficient (Wildman–Crippen LogP) is 12.6. The highest BCUT2D eigenvalue weighted by Crippen LogP contribution is 2.63. The van der Waals surface area contributed by atoms with Crippen molar-refractivity contribution in [1.82, 2.24) is 15.0 Å². The maximum absolute atomic E-state index is 5.13. The highest BCUT2D eigenvalue weighted by Gasteiger charge is 2.51. The zero-order chi connectivity index (χ0) is 36.3. The van der Waals surface area contributed by atoms with Gasteiger partial charge in [-0.2, -0.15) is 0 Å². The van der Waals surface area contributed by atoms with E-state index in [1.165, 1.54) is 55.6 Å². The van der Waals surface area contributed by atoms with Gasteiger partial charge < -0.3 is 0 Å². The van der Waals surface area contributed by atoms with Crippen molar-refractivity contribution < 1.29 is 0 Å². The number of hydrogen-bond acceptors (Lipinski definition) is 3. The molecule has 2 aliphatic carbocycles. The molecular formula is C52H33N3. The Morgan fingerprint density at radius 1 is 0.255 bits per heavy atom. The maximum Gasteiger partial charge on any atom is 0.164 e. The molecule has 0 N–H and O–H groups in total. The van der Waals surface area contributed by atoms with E-state index in [-0.39, 0.29) is 0 Å². The van der Waals surface area contributed by atoms with Gasteiger partial charge >= 0.3 is 0 Å². The van der Waals surface area contributed by atoms with E-state index in [2.05, 4.69) is 176 Å². The van der Waals surface area contributed by atoms with Crippen molar-refractivity contribution in [2.24, 2.45) is 0 Å². The normalized spacial score (nSPS) is 12.9. The molecule has 2 aliphatic rings. The lowest BCUT2D eigenvalue weighted by atomic mass is 9.70. The summed E-state index contributed by atoms with van der Waals surface area (Å²) in [7, 11) is 0. The second-order valence-electron chi connectivity index (χ2n) is 14.3. The van der Waals surface area contributed by atoms with Crippen LogP contribution in [-0.2, 0) is 5.41 Å². The van der Waals surface area contributed by atoms with E-state index >= 15 is 0 Å². The number of rotatable bonds is 5. The standard InChI is InChI=1S/C52H33N3/c1-3-15-34(16-4-1)35-29-31-37(32-30-35)50-53-49(36-17-5-2-6-18-36)54-51(55-50)39-20-13-19-38(33-39)40-24-14-28-47-48(40)43-23-9-12-27-46(43)52(47)44-25-10-7-21-41(44)42-22-8-11-26-45(42)52/h1-33H. The first-order chi connectivity index (χ1) is 27.3. The zero-order valence-electron chi connectivity index (χ0n) is 29.9. The van der Waals surface area contributed by atoms with E-state index in [0.29, 0.717) is 17.5 Å². The largest absolute Gasteiger partial charge is 0.208 e. The first-order valence-corrected chi connectivity index (χ1v) is 18.8. The Labute approximate surface area is 320 Å². The summed E-state index contributed by atoms with van der Waals surface area (Å²) in [5.41, 5.74) is 17.6. The quantitative estimate of drug-likeness (QED) is 0.179. The Kier molecular flexibility index (Phi) is 7.08. The van der Waals surface area contributed by atoms with Crippen LogP contribution in [0.1, 0.15) is 22.3 Å². The molecule has 11 rings (SSSR count). The molecule has 3 nitrogen and oxygen atoms in total. The Morgan fingerprint density at radius 3 is 1.27 bits per heavy atom. The summed E-state index contributed by atoms with van der Waals surface area (Å²) in [5, 5.41) is 0. The van der Waals surface area contributed by atoms with Crippen LogP contribution in [0.3, 0.4) is 0 Å². The predicted molar refractivity (Wildman–Crippen MR) is 223 cm³/mol. The molecule has 3 heteroatoms. The second kappa shape index (κ2) is 12.4. The van der Waals surface area contributed by atoms with Gasteiger partial charge in [-0.1, -0.05) is 194 Å². The minimum atomic E-state index is -0.392. The maximum atomic E-state index is 5.13. The molecular weight excluding hydrogens is 667 g/mol. The third-order valence-corrected chi connectivity index (χ3v) is 11.4. The third-order valence-electron chi connectivity index (χ3n) is 11.4. The number of benzene rings is 8. The molecule has 0 fully saturated rings. The van der Waals surface area contributed by atoms with Gasteiger partial charge in [-0.25, -0.2) is 15.0 Å². The number of aromatic nitrogens is 3. The molecule has 256 valence electrons. The molecule has 55 heavy (non-hydrogen) atoms. The van der Waals surface area contributed by atoms with Gasteiger partial charge in [0.1, 0.15) is 0 Å². The van der Waals surface area contributed by atoms with Gasteiger partial charge in [0.15, 0.2) is 17.5 Å². The Hall–Kier alpha value is -7.23. The lowest BCUT2D eigenvalue weighted by Gasteiger charge is -2.30. The highest BCUT2D eigenvalue weighted by molar-refractivity contribution is 6.00. The Bertz CT molecular complexity index is 2870. The van der Waals surface area contributed by atoms with Crippen LogP contribution in [0.2, 0.25) is 0 Å². The monoisotopic (exact) mass is 699 g/mol. The average Bonchev–Trinajstić information content (AvgIpc) is 3.75. The fourth-order valence-electron chi connectivity index (χ4n) is 9.00. The molecule has 0 radical (unpaired) electrons. The summed E-state index contributed by atoms with van der Waals surface area (Å²) in [6.07, 6.45) is 0. The van der Waals surface area contributed by atoms with Gasteiger partial charge in [-0.05, 0) is 72.8 Å². The van der Waals surface area contributed by atoms with E-state index in [4.69, 9.17) is 15.0 Å². The van der Waals surface area contributed by atoms with Crippen LogP contribution in [0.25, 0.3) is 78.7 Å². The van der Waals surface area contributed by atoms with Crippen LogP contribution in [-0.4, -0.2) is 15.0 Å². The summed E-state index contributed by atoms with van der Waals surface area (Å²) in [5.74, 6) is 1.93. The summed E-state index contributed by atoms with van der Waals surface area (Å²) in [6.45, 7) is 0. The van der Waals surface area contributed by atoms with Gasteiger partial charge in [0.25, 0.3) is 0 Å². The topological polar surface area (TPSA) is 38.7 Å². The van der Waals surface area contributed by atoms with Crippen LogP contribution in [0, 0.1) is 0 Å². The van der Waals surface area contributed by atoms with Crippen LogP contribution >= 0.6 is 0 Å². The summed E-state index contributed by atoms with van der Waals surface area (Å²) < 4.78 is 0. The molecule has 0 saturated carbocycles. The Balaban J connectivity index is 1.07. The smallest absolute Gasteiger partial charge is 0.164 e. The fourth-order valence-corrected chi connectivity index (χ4v) is 9.00. The number of fused-ring (bicyclic) bond motifs is 10. The van der Waals surface area contributed by atoms with Crippen molar-refractivity contribution in [2.45, 2.75) is 5.41 Å². The van der Waals surface area contributed by atoms with Gasteiger partial charge in [0.2, 0.25) is 0 Å². The number of nitrogens with zero attached hydrogens (tertiary/aromatic N) is 3. The van der Waals surface area contributed by atoms with Crippen LogP contribution < -0.4 is 0 Å². The van der Waals surface area contributed by atoms with Crippen molar-refractivity contribution in [3.05, 3.63) is 222 Å². The minimum Gasteiger partial charge on any atom is -0.208 e. The third kappa shape index (κ3) is 4.80. The molecule has 8 aromatic carbocycles. The first kappa shape index (κ1) is 31.3. The van der Waals surface area contributed by atoms with Crippen molar-refractivity contribution in [3.63, 3.8) is 0 Å². The fraction of sp³-hybridized carbons (Fsp3) is 0.0192. The molecule has 0 unspecified atom stereocenters.